The van der Waals surface area contributed by atoms with Crippen LogP contribution in [0.25, 0.3) is 27.7 Å². The molecule has 6 heteroatoms. The molecular formula is C26H24ClN4O+. The first-order valence-corrected chi connectivity index (χ1v) is 11.3. The van der Waals surface area contributed by atoms with Gasteiger partial charge in [0.15, 0.2) is 0 Å². The molecular weight excluding hydrogens is 420 g/mol. The summed E-state index contributed by atoms with van der Waals surface area (Å²) in [5, 5.41) is 1.56. The van der Waals surface area contributed by atoms with E-state index >= 15 is 0 Å². The molecule has 5 aromatic rings. The third kappa shape index (κ3) is 3.69. The van der Waals surface area contributed by atoms with Gasteiger partial charge in [-0.1, -0.05) is 55.3 Å². The molecule has 160 valence electrons. The highest BCUT2D eigenvalue weighted by Gasteiger charge is 2.21. The topological polar surface area (TPSA) is 43.2 Å². The van der Waals surface area contributed by atoms with E-state index in [4.69, 9.17) is 11.6 Å². The highest BCUT2D eigenvalue weighted by Crippen LogP contribution is 2.29. The quantitative estimate of drug-likeness (QED) is 0.270. The van der Waals surface area contributed by atoms with Crippen LogP contribution >= 0.6 is 11.6 Å². The molecule has 0 aliphatic rings. The van der Waals surface area contributed by atoms with Gasteiger partial charge in [-0.2, -0.15) is 4.40 Å². The highest BCUT2D eigenvalue weighted by molar-refractivity contribution is 6.29. The molecule has 5 nitrogen and oxygen atoms in total. The first-order chi connectivity index (χ1) is 15.7. The summed E-state index contributed by atoms with van der Waals surface area (Å²) >= 11 is 5.96. The maximum atomic E-state index is 13.6. The van der Waals surface area contributed by atoms with E-state index in [0.717, 1.165) is 47.1 Å². The second kappa shape index (κ2) is 8.60. The number of fused-ring (bicyclic) bond motifs is 2. The van der Waals surface area contributed by atoms with Crippen LogP contribution in [0.2, 0.25) is 5.15 Å². The number of benzene rings is 1. The first kappa shape index (κ1) is 20.5. The molecule has 0 aliphatic heterocycles. The molecule has 0 radical (unpaired) electrons. The Labute approximate surface area is 191 Å². The number of hydrogen-bond acceptors (Lipinski definition) is 2. The second-order valence-corrected chi connectivity index (χ2v) is 8.39. The number of unbranched alkanes of at least 4 members (excludes halogenated alkanes) is 1. The largest absolute Gasteiger partial charge is 0.350 e. The van der Waals surface area contributed by atoms with Crippen LogP contribution in [-0.2, 0) is 13.1 Å². The SMILES string of the molecule is CCCCn1cc(-c2c[n+](Cc3ccc(Cl)nc3)c3ccccn3c2=O)c2ccccc21. The van der Waals surface area contributed by atoms with Gasteiger partial charge in [0, 0.05) is 47.0 Å². The molecule has 4 heterocycles. The van der Waals surface area contributed by atoms with Crippen LogP contribution in [0.3, 0.4) is 0 Å². The number of nitrogens with zero attached hydrogens (tertiary/aromatic N) is 4. The van der Waals surface area contributed by atoms with Gasteiger partial charge < -0.3 is 4.57 Å². The predicted molar refractivity (Wildman–Crippen MR) is 128 cm³/mol. The molecule has 32 heavy (non-hydrogen) atoms. The van der Waals surface area contributed by atoms with Gasteiger partial charge in [-0.05, 0) is 24.6 Å². The molecule has 0 saturated heterocycles. The minimum Gasteiger partial charge on any atom is -0.347 e. The van der Waals surface area contributed by atoms with Crippen LogP contribution in [0.1, 0.15) is 25.3 Å². The summed E-state index contributed by atoms with van der Waals surface area (Å²) in [6, 6.07) is 17.8. The standard InChI is InChI=1S/C26H24ClN4O/c1-2-3-13-29-17-21(20-8-4-5-9-23(20)29)22-18-30(16-19-11-12-24(27)28-15-19)25-10-6-7-14-31(25)26(22)32/h4-12,14-15,17-18H,2-3,13,16H2,1H3/q+1. The molecule has 5 rings (SSSR count). The molecule has 0 fully saturated rings. The minimum atomic E-state index is -0.0236. The highest BCUT2D eigenvalue weighted by atomic mass is 35.5. The Balaban J connectivity index is 1.72. The molecule has 0 N–H and O–H groups in total. The lowest BCUT2D eigenvalue weighted by Crippen LogP contribution is -2.40. The van der Waals surface area contributed by atoms with Crippen molar-refractivity contribution in [3.8, 4) is 11.1 Å². The third-order valence-electron chi connectivity index (χ3n) is 5.84. The summed E-state index contributed by atoms with van der Waals surface area (Å²) < 4.78 is 6.08. The Kier molecular flexibility index (Phi) is 5.50. The summed E-state index contributed by atoms with van der Waals surface area (Å²) in [4.78, 5) is 17.8. The van der Waals surface area contributed by atoms with Crippen LogP contribution in [-0.4, -0.2) is 14.0 Å². The molecule has 0 bridgehead atoms. The number of pyridine rings is 2. The average molecular weight is 444 g/mol. The lowest BCUT2D eigenvalue weighted by Gasteiger charge is -2.07. The van der Waals surface area contributed by atoms with E-state index in [9.17, 15) is 4.79 Å². The molecule has 1 aromatic carbocycles. The van der Waals surface area contributed by atoms with Crippen molar-refractivity contribution in [2.24, 2.45) is 0 Å². The van der Waals surface area contributed by atoms with Crippen molar-refractivity contribution >= 4 is 28.2 Å². The number of halogens is 1. The van der Waals surface area contributed by atoms with Crippen LogP contribution in [0.5, 0.6) is 0 Å². The zero-order valence-electron chi connectivity index (χ0n) is 17.9. The molecule has 0 atom stereocenters. The fourth-order valence-electron chi connectivity index (χ4n) is 4.23. The number of hydrogen-bond donors (Lipinski definition) is 0. The summed E-state index contributed by atoms with van der Waals surface area (Å²) in [7, 11) is 0. The van der Waals surface area contributed by atoms with Crippen molar-refractivity contribution in [1.29, 1.82) is 0 Å². The normalized spacial score (nSPS) is 11.4. The molecule has 0 spiro atoms. The maximum absolute atomic E-state index is 13.6. The first-order valence-electron chi connectivity index (χ1n) is 10.9. The van der Waals surface area contributed by atoms with E-state index in [-0.39, 0.29) is 5.56 Å². The van der Waals surface area contributed by atoms with Crippen molar-refractivity contribution in [2.75, 3.05) is 0 Å². The summed E-state index contributed by atoms with van der Waals surface area (Å²) in [5.74, 6) is 0. The zero-order valence-corrected chi connectivity index (χ0v) is 18.7. The summed E-state index contributed by atoms with van der Waals surface area (Å²) in [6.45, 7) is 3.71. The second-order valence-electron chi connectivity index (χ2n) is 8.00. The Morgan fingerprint density at radius 2 is 1.88 bits per heavy atom. The van der Waals surface area contributed by atoms with Crippen molar-refractivity contribution in [3.05, 3.63) is 100 Å². The van der Waals surface area contributed by atoms with Crippen LogP contribution in [0, 0.1) is 0 Å². The Morgan fingerprint density at radius 3 is 2.69 bits per heavy atom. The van der Waals surface area contributed by atoms with Gasteiger partial charge in [0.25, 0.3) is 5.65 Å². The number of para-hydroxylation sites is 1. The fourth-order valence-corrected chi connectivity index (χ4v) is 4.34. The lowest BCUT2D eigenvalue weighted by atomic mass is 10.1. The monoisotopic (exact) mass is 443 g/mol. The van der Waals surface area contributed by atoms with Gasteiger partial charge >= 0.3 is 5.56 Å². The van der Waals surface area contributed by atoms with Crippen LogP contribution < -0.4 is 10.1 Å². The van der Waals surface area contributed by atoms with Gasteiger partial charge in [0.2, 0.25) is 0 Å². The Morgan fingerprint density at radius 1 is 1.03 bits per heavy atom. The van der Waals surface area contributed by atoms with Crippen LogP contribution in [0.4, 0.5) is 0 Å². The van der Waals surface area contributed by atoms with E-state index in [1.54, 1.807) is 16.7 Å². The van der Waals surface area contributed by atoms with Crippen molar-refractivity contribution in [2.45, 2.75) is 32.9 Å². The Bertz CT molecular complexity index is 1470. The van der Waals surface area contributed by atoms with E-state index in [1.165, 1.54) is 0 Å². The maximum Gasteiger partial charge on any atom is 0.350 e. The van der Waals surface area contributed by atoms with E-state index in [2.05, 4.69) is 45.4 Å². The van der Waals surface area contributed by atoms with E-state index in [0.29, 0.717) is 17.3 Å². The minimum absolute atomic E-state index is 0.0236. The smallest absolute Gasteiger partial charge is 0.347 e. The van der Waals surface area contributed by atoms with E-state index < -0.39 is 0 Å². The van der Waals surface area contributed by atoms with Gasteiger partial charge in [-0.25, -0.2) is 14.3 Å². The number of aromatic nitrogens is 4. The molecule has 0 saturated carbocycles. The molecule has 0 amide bonds. The van der Waals surface area contributed by atoms with Gasteiger partial charge in [-0.3, -0.25) is 0 Å². The third-order valence-corrected chi connectivity index (χ3v) is 6.06. The average Bonchev–Trinajstić information content (AvgIpc) is 3.19. The van der Waals surface area contributed by atoms with Crippen molar-refractivity contribution < 1.29 is 4.57 Å². The van der Waals surface area contributed by atoms with Crippen molar-refractivity contribution in [3.63, 3.8) is 0 Å². The summed E-state index contributed by atoms with van der Waals surface area (Å²) in [6.07, 6.45) is 9.91. The number of rotatable bonds is 6. The lowest BCUT2D eigenvalue weighted by molar-refractivity contribution is -0.665. The van der Waals surface area contributed by atoms with Gasteiger partial charge in [-0.15, -0.1) is 0 Å². The number of aryl methyl sites for hydroxylation is 1. The zero-order chi connectivity index (χ0) is 22.1. The fraction of sp³-hybridized carbons (Fsp3) is 0.192. The Hall–Kier alpha value is -3.44. The van der Waals surface area contributed by atoms with Crippen LogP contribution in [0.15, 0.2) is 84.2 Å². The predicted octanol–water partition coefficient (Wildman–Crippen LogP) is 5.11. The van der Waals surface area contributed by atoms with Gasteiger partial charge in [0.1, 0.15) is 23.5 Å². The molecule has 4 aromatic heterocycles. The molecule has 0 unspecified atom stereocenters. The van der Waals surface area contributed by atoms with Crippen molar-refractivity contribution in [1.82, 2.24) is 14.0 Å². The van der Waals surface area contributed by atoms with E-state index in [1.807, 2.05) is 42.7 Å². The summed E-state index contributed by atoms with van der Waals surface area (Å²) in [5.41, 5.74) is 4.61. The van der Waals surface area contributed by atoms with Gasteiger partial charge in [0.05, 0.1) is 6.20 Å². The molecule has 0 aliphatic carbocycles.